The number of benzene rings is 1. The van der Waals surface area contributed by atoms with Crippen LogP contribution in [-0.4, -0.2) is 40.4 Å². The first kappa shape index (κ1) is 26.9. The Balaban J connectivity index is 1.60. The Labute approximate surface area is 234 Å². The summed E-state index contributed by atoms with van der Waals surface area (Å²) in [6.07, 6.45) is -2.02. The van der Waals surface area contributed by atoms with E-state index in [1.165, 1.54) is 12.1 Å². The molecule has 1 spiro atoms. The monoisotopic (exact) mass is 643 g/mol. The van der Waals surface area contributed by atoms with Crippen molar-refractivity contribution < 1.29 is 32.5 Å². The summed E-state index contributed by atoms with van der Waals surface area (Å²) in [4.78, 5) is 5.28. The van der Waals surface area contributed by atoms with E-state index in [1.54, 1.807) is 0 Å². The normalized spacial score (nSPS) is 31.3. The van der Waals surface area contributed by atoms with Crippen molar-refractivity contribution in [2.45, 2.75) is 79.8 Å². The Kier molecular flexibility index (Phi) is 6.86. The number of rotatable bonds is 2. The van der Waals surface area contributed by atoms with Crippen LogP contribution in [0.4, 0.5) is 13.2 Å². The molecular weight excluding hydrogens is 610 g/mol. The molecule has 2 saturated heterocycles. The van der Waals surface area contributed by atoms with Gasteiger partial charge in [-0.3, -0.25) is 4.98 Å². The van der Waals surface area contributed by atoms with Crippen LogP contribution >= 0.6 is 22.6 Å². The van der Waals surface area contributed by atoms with Gasteiger partial charge in [-0.15, -0.1) is 0 Å². The van der Waals surface area contributed by atoms with Crippen LogP contribution in [0, 0.1) is 5.41 Å². The minimum absolute atomic E-state index is 0.0248. The molecule has 3 aliphatic heterocycles. The summed E-state index contributed by atoms with van der Waals surface area (Å²) in [5, 5.41) is 11.6. The number of aliphatic hydroxyl groups is 1. The van der Waals surface area contributed by atoms with Gasteiger partial charge < -0.3 is 19.3 Å². The lowest BCUT2D eigenvalue weighted by Crippen LogP contribution is -2.45. The molecule has 0 saturated carbocycles. The summed E-state index contributed by atoms with van der Waals surface area (Å²) in [6.45, 7) is 6.64. The fourth-order valence-corrected chi connectivity index (χ4v) is 7.88. The van der Waals surface area contributed by atoms with E-state index in [2.05, 4.69) is 36.4 Å². The van der Waals surface area contributed by atoms with Gasteiger partial charge in [-0.2, -0.15) is 13.2 Å². The molecule has 4 heterocycles. The van der Waals surface area contributed by atoms with Gasteiger partial charge in [-0.25, -0.2) is 0 Å². The number of nitrogens with zero attached hydrogens (tertiary/aromatic N) is 1. The second-order valence-corrected chi connectivity index (χ2v) is 13.4. The molecule has 0 amide bonds. The second-order valence-electron chi connectivity index (χ2n) is 11.9. The summed E-state index contributed by atoms with van der Waals surface area (Å²) in [5.41, 5.74) is 3.90. The predicted octanol–water partition coefficient (Wildman–Crippen LogP) is 6.54. The number of aliphatic hydroxyl groups excluding tert-OH is 1. The molecule has 38 heavy (non-hydrogen) atoms. The first-order valence-corrected chi connectivity index (χ1v) is 14.6. The lowest BCUT2D eigenvalue weighted by molar-refractivity contribution is -0.137. The van der Waals surface area contributed by atoms with Gasteiger partial charge in [0.2, 0.25) is 0 Å². The number of pyridine rings is 1. The van der Waals surface area contributed by atoms with Gasteiger partial charge in [0.15, 0.2) is 0 Å². The van der Waals surface area contributed by atoms with E-state index in [0.29, 0.717) is 44.8 Å². The molecule has 4 atom stereocenters. The van der Waals surface area contributed by atoms with Crippen LogP contribution in [0.3, 0.4) is 0 Å². The first-order chi connectivity index (χ1) is 18.0. The fourth-order valence-electron chi connectivity index (χ4n) is 6.86. The highest BCUT2D eigenvalue weighted by Gasteiger charge is 2.56. The van der Waals surface area contributed by atoms with Gasteiger partial charge in [-0.1, -0.05) is 48.6 Å². The molecule has 5 nitrogen and oxygen atoms in total. The Hall–Kier alpha value is -1.27. The second kappa shape index (κ2) is 9.68. The van der Waals surface area contributed by atoms with Gasteiger partial charge in [0, 0.05) is 54.5 Å². The Bertz CT molecular complexity index is 1210. The number of fused-ring (bicyclic) bond motifs is 4. The van der Waals surface area contributed by atoms with Crippen LogP contribution < -0.4 is 0 Å². The SMILES string of the molecule is CC1(C)Cc2nc(C3CCOCC3)c3c(c2C(O)C1)C1(CCOCC1I)OC3c1ccc(C(F)(F)F)cc1. The number of aromatic nitrogens is 1. The highest BCUT2D eigenvalue weighted by molar-refractivity contribution is 14.1. The zero-order valence-electron chi connectivity index (χ0n) is 21.6. The molecule has 4 aliphatic rings. The standard InChI is InChI=1S/C29H33F3INO4/c1-27(2)13-19-22(20(35)14-27)24-23(25(34-19)16-7-10-36-11-8-16)26(38-28(24)9-12-37-15-21(28)33)17-3-5-18(6-4-17)29(30,31)32/h3-6,16,20-21,26,35H,7-15H2,1-2H3. The van der Waals surface area contributed by atoms with Crippen molar-refractivity contribution in [2.24, 2.45) is 5.41 Å². The van der Waals surface area contributed by atoms with Crippen molar-refractivity contribution in [1.29, 1.82) is 0 Å². The summed E-state index contributed by atoms with van der Waals surface area (Å²) in [5.74, 6) is 0.160. The molecule has 1 aliphatic carbocycles. The summed E-state index contributed by atoms with van der Waals surface area (Å²) < 4.78 is 58.6. The number of hydrogen-bond acceptors (Lipinski definition) is 5. The highest BCUT2D eigenvalue weighted by atomic mass is 127. The third-order valence-corrected chi connectivity index (χ3v) is 10.0. The molecule has 1 N–H and O–H groups in total. The van der Waals surface area contributed by atoms with Crippen LogP contribution in [0.15, 0.2) is 24.3 Å². The van der Waals surface area contributed by atoms with Gasteiger partial charge in [0.05, 0.1) is 27.9 Å². The van der Waals surface area contributed by atoms with E-state index in [-0.39, 0.29) is 15.3 Å². The minimum Gasteiger partial charge on any atom is -0.388 e. The Morgan fingerprint density at radius 1 is 1.03 bits per heavy atom. The smallest absolute Gasteiger partial charge is 0.388 e. The third-order valence-electron chi connectivity index (χ3n) is 8.66. The molecule has 9 heteroatoms. The number of ether oxygens (including phenoxy) is 3. The molecule has 2 aromatic rings. The molecule has 6 rings (SSSR count). The van der Waals surface area contributed by atoms with Gasteiger partial charge in [-0.05, 0) is 48.8 Å². The maximum atomic E-state index is 13.4. The van der Waals surface area contributed by atoms with Crippen molar-refractivity contribution in [3.05, 3.63) is 63.5 Å². The molecule has 1 aromatic heterocycles. The van der Waals surface area contributed by atoms with E-state index < -0.39 is 29.5 Å². The Morgan fingerprint density at radius 2 is 1.74 bits per heavy atom. The van der Waals surface area contributed by atoms with E-state index in [0.717, 1.165) is 59.5 Å². The molecular formula is C29H33F3INO4. The maximum absolute atomic E-state index is 13.4. The van der Waals surface area contributed by atoms with E-state index in [1.807, 2.05) is 0 Å². The quantitative estimate of drug-likeness (QED) is 0.298. The Morgan fingerprint density at radius 3 is 2.39 bits per heavy atom. The summed E-state index contributed by atoms with van der Waals surface area (Å²) in [6, 6.07) is 5.33. The first-order valence-electron chi connectivity index (χ1n) is 13.4. The molecule has 2 fully saturated rings. The largest absolute Gasteiger partial charge is 0.416 e. The summed E-state index contributed by atoms with van der Waals surface area (Å²) in [7, 11) is 0. The molecule has 0 bridgehead atoms. The van der Waals surface area contributed by atoms with Gasteiger partial charge in [0.1, 0.15) is 11.7 Å². The lowest BCUT2D eigenvalue weighted by Gasteiger charge is -2.42. The zero-order valence-corrected chi connectivity index (χ0v) is 23.8. The van der Waals surface area contributed by atoms with Crippen molar-refractivity contribution >= 4 is 22.6 Å². The van der Waals surface area contributed by atoms with E-state index in [9.17, 15) is 18.3 Å². The van der Waals surface area contributed by atoms with Crippen LogP contribution in [0.1, 0.15) is 96.9 Å². The average Bonchev–Trinajstić information content (AvgIpc) is 3.20. The number of alkyl halides is 4. The van der Waals surface area contributed by atoms with Crippen molar-refractivity contribution in [3.63, 3.8) is 0 Å². The van der Waals surface area contributed by atoms with Gasteiger partial charge >= 0.3 is 6.18 Å². The third kappa shape index (κ3) is 4.50. The van der Waals surface area contributed by atoms with Crippen LogP contribution in [0.2, 0.25) is 0 Å². The molecule has 206 valence electrons. The summed E-state index contributed by atoms with van der Waals surface area (Å²) >= 11 is 2.39. The molecule has 1 aromatic carbocycles. The predicted molar refractivity (Wildman–Crippen MR) is 143 cm³/mol. The minimum atomic E-state index is -4.41. The van der Waals surface area contributed by atoms with E-state index >= 15 is 0 Å². The number of hydrogen-bond donors (Lipinski definition) is 1. The average molecular weight is 643 g/mol. The number of halogens is 4. The fraction of sp³-hybridized carbons (Fsp3) is 0.621. The topological polar surface area (TPSA) is 60.8 Å². The maximum Gasteiger partial charge on any atom is 0.416 e. The van der Waals surface area contributed by atoms with Crippen molar-refractivity contribution in [3.8, 4) is 0 Å². The van der Waals surface area contributed by atoms with Crippen LogP contribution in [-0.2, 0) is 32.4 Å². The van der Waals surface area contributed by atoms with Crippen molar-refractivity contribution in [2.75, 3.05) is 26.4 Å². The van der Waals surface area contributed by atoms with Gasteiger partial charge in [0.25, 0.3) is 0 Å². The molecule has 0 radical (unpaired) electrons. The zero-order chi connectivity index (χ0) is 26.9. The molecule has 4 unspecified atom stereocenters. The van der Waals surface area contributed by atoms with Crippen LogP contribution in [0.5, 0.6) is 0 Å². The van der Waals surface area contributed by atoms with Crippen molar-refractivity contribution in [1.82, 2.24) is 4.98 Å². The van der Waals surface area contributed by atoms with E-state index in [4.69, 9.17) is 19.2 Å². The lowest BCUT2D eigenvalue weighted by atomic mass is 9.69. The highest BCUT2D eigenvalue weighted by Crippen LogP contribution is 2.59. The van der Waals surface area contributed by atoms with Crippen LogP contribution in [0.25, 0.3) is 0 Å².